The molecule has 0 N–H and O–H groups in total. The first-order valence-corrected chi connectivity index (χ1v) is 9.66. The highest BCUT2D eigenvalue weighted by molar-refractivity contribution is 6.32. The number of rotatable bonds is 12. The molecule has 5 heteroatoms. The molecule has 0 radical (unpaired) electrons. The van der Waals surface area contributed by atoms with Crippen LogP contribution in [-0.4, -0.2) is 11.9 Å². The van der Waals surface area contributed by atoms with E-state index in [1.165, 1.54) is 0 Å². The minimum absolute atomic E-state index is 0.131. The lowest BCUT2D eigenvalue weighted by molar-refractivity contribution is -0.137. The van der Waals surface area contributed by atoms with Gasteiger partial charge in [0.25, 0.3) is 0 Å². The van der Waals surface area contributed by atoms with Crippen LogP contribution in [0.2, 0.25) is 5.02 Å². The summed E-state index contributed by atoms with van der Waals surface area (Å²) < 4.78 is 10.7. The molecular formula is C20H29ClO4. The Kier molecular flexibility index (Phi) is 11.0. The maximum Gasteiger partial charge on any atom is 0.311 e. The third-order valence-electron chi connectivity index (χ3n) is 3.84. The van der Waals surface area contributed by atoms with E-state index in [4.69, 9.17) is 21.1 Å². The molecule has 0 aromatic heterocycles. The second-order valence-corrected chi connectivity index (χ2v) is 6.54. The van der Waals surface area contributed by atoms with Crippen molar-refractivity contribution in [3.63, 3.8) is 0 Å². The number of ether oxygens (including phenoxy) is 2. The lowest BCUT2D eigenvalue weighted by Gasteiger charge is -2.12. The summed E-state index contributed by atoms with van der Waals surface area (Å²) in [5.41, 5.74) is 0. The molecule has 0 heterocycles. The Hall–Kier alpha value is -1.55. The number of benzene rings is 1. The van der Waals surface area contributed by atoms with Gasteiger partial charge < -0.3 is 9.47 Å². The van der Waals surface area contributed by atoms with Crippen molar-refractivity contribution in [3.05, 3.63) is 23.2 Å². The topological polar surface area (TPSA) is 52.6 Å². The Bertz CT molecular complexity index is 542. The Morgan fingerprint density at radius 3 is 1.96 bits per heavy atom. The summed E-state index contributed by atoms with van der Waals surface area (Å²) >= 11 is 6.12. The molecule has 4 nitrogen and oxygen atoms in total. The number of carbonyl (C=O) groups is 2. The van der Waals surface area contributed by atoms with E-state index in [1.807, 2.05) is 0 Å². The molecule has 0 bridgehead atoms. The molecule has 0 saturated carbocycles. The van der Waals surface area contributed by atoms with Crippen molar-refractivity contribution in [3.8, 4) is 11.5 Å². The van der Waals surface area contributed by atoms with Gasteiger partial charge in [-0.1, -0.05) is 70.0 Å². The molecule has 1 aromatic rings. The van der Waals surface area contributed by atoms with E-state index in [0.29, 0.717) is 12.8 Å². The van der Waals surface area contributed by atoms with Crippen molar-refractivity contribution in [2.45, 2.75) is 78.1 Å². The van der Waals surface area contributed by atoms with E-state index in [2.05, 4.69) is 13.8 Å². The molecule has 0 amide bonds. The summed E-state index contributed by atoms with van der Waals surface area (Å²) in [7, 11) is 0. The molecule has 0 saturated heterocycles. The quantitative estimate of drug-likeness (QED) is 0.254. The molecular weight excluding hydrogens is 340 g/mol. The lowest BCUT2D eigenvalue weighted by Crippen LogP contribution is -2.12. The molecule has 0 aliphatic heterocycles. The Morgan fingerprint density at radius 1 is 0.840 bits per heavy atom. The molecule has 0 aliphatic rings. The van der Waals surface area contributed by atoms with Gasteiger partial charge in [0.05, 0.1) is 5.02 Å². The van der Waals surface area contributed by atoms with E-state index < -0.39 is 0 Å². The highest BCUT2D eigenvalue weighted by atomic mass is 35.5. The van der Waals surface area contributed by atoms with Gasteiger partial charge in [-0.2, -0.15) is 0 Å². The molecule has 140 valence electrons. The van der Waals surface area contributed by atoms with E-state index in [9.17, 15) is 9.59 Å². The van der Waals surface area contributed by atoms with Gasteiger partial charge in [0.1, 0.15) is 0 Å². The van der Waals surface area contributed by atoms with Gasteiger partial charge in [-0.05, 0) is 25.0 Å². The summed E-state index contributed by atoms with van der Waals surface area (Å²) in [5, 5.41) is 0.262. The van der Waals surface area contributed by atoms with Crippen LogP contribution in [-0.2, 0) is 9.59 Å². The minimum Gasteiger partial charge on any atom is -0.422 e. The number of halogens is 1. The van der Waals surface area contributed by atoms with Crippen molar-refractivity contribution in [1.29, 1.82) is 0 Å². The maximum atomic E-state index is 12.0. The zero-order valence-electron chi connectivity index (χ0n) is 15.3. The van der Waals surface area contributed by atoms with Gasteiger partial charge in [0.15, 0.2) is 11.5 Å². The van der Waals surface area contributed by atoms with Crippen LogP contribution in [0.1, 0.15) is 78.1 Å². The van der Waals surface area contributed by atoms with Gasteiger partial charge in [-0.25, -0.2) is 0 Å². The van der Waals surface area contributed by atoms with Crippen LogP contribution in [0.5, 0.6) is 11.5 Å². The maximum absolute atomic E-state index is 12.0. The van der Waals surface area contributed by atoms with Gasteiger partial charge in [-0.15, -0.1) is 0 Å². The zero-order chi connectivity index (χ0) is 18.5. The summed E-state index contributed by atoms with van der Waals surface area (Å²) in [4.78, 5) is 24.0. The van der Waals surface area contributed by atoms with Crippen LogP contribution < -0.4 is 9.47 Å². The monoisotopic (exact) mass is 368 g/mol. The van der Waals surface area contributed by atoms with Crippen molar-refractivity contribution in [2.75, 3.05) is 0 Å². The third kappa shape index (κ3) is 8.92. The average molecular weight is 369 g/mol. The first-order valence-electron chi connectivity index (χ1n) is 9.28. The molecule has 1 aromatic carbocycles. The average Bonchev–Trinajstić information content (AvgIpc) is 2.59. The Labute approximate surface area is 155 Å². The number of para-hydroxylation sites is 1. The fourth-order valence-corrected chi connectivity index (χ4v) is 2.60. The lowest BCUT2D eigenvalue weighted by atomic mass is 10.1. The Balaban J connectivity index is 2.58. The van der Waals surface area contributed by atoms with Crippen molar-refractivity contribution >= 4 is 23.5 Å². The molecule has 0 aliphatic carbocycles. The van der Waals surface area contributed by atoms with E-state index >= 15 is 0 Å². The van der Waals surface area contributed by atoms with E-state index in [0.717, 1.165) is 51.4 Å². The molecule has 25 heavy (non-hydrogen) atoms. The zero-order valence-corrected chi connectivity index (χ0v) is 16.1. The predicted molar refractivity (Wildman–Crippen MR) is 100 cm³/mol. The summed E-state index contributed by atoms with van der Waals surface area (Å²) in [6.45, 7) is 4.23. The van der Waals surface area contributed by atoms with Crippen LogP contribution in [0.4, 0.5) is 0 Å². The SMILES string of the molecule is CCCCCCC(=O)Oc1cccc(Cl)c1OC(=O)CCCCCC. The molecule has 0 unspecified atom stereocenters. The number of unbranched alkanes of at least 4 members (excludes halogenated alkanes) is 6. The van der Waals surface area contributed by atoms with Crippen molar-refractivity contribution in [2.24, 2.45) is 0 Å². The molecule has 1 rings (SSSR count). The summed E-state index contributed by atoms with van der Waals surface area (Å²) in [6, 6.07) is 4.87. The van der Waals surface area contributed by atoms with E-state index in [-0.39, 0.29) is 28.5 Å². The second kappa shape index (κ2) is 12.8. The highest BCUT2D eigenvalue weighted by Gasteiger charge is 2.16. The van der Waals surface area contributed by atoms with Gasteiger partial charge in [-0.3, -0.25) is 9.59 Å². The van der Waals surface area contributed by atoms with Crippen molar-refractivity contribution < 1.29 is 19.1 Å². The fraction of sp³-hybridized carbons (Fsp3) is 0.600. The normalized spacial score (nSPS) is 10.5. The molecule has 0 spiro atoms. The van der Waals surface area contributed by atoms with Crippen LogP contribution in [0.25, 0.3) is 0 Å². The smallest absolute Gasteiger partial charge is 0.311 e. The Morgan fingerprint density at radius 2 is 1.40 bits per heavy atom. The first-order chi connectivity index (χ1) is 12.1. The summed E-state index contributed by atoms with van der Waals surface area (Å²) in [5.74, 6) is -0.357. The second-order valence-electron chi connectivity index (χ2n) is 6.14. The standard InChI is InChI=1S/C20H29ClO4/c1-3-5-7-9-14-18(22)24-17-13-11-12-16(21)20(17)25-19(23)15-10-8-6-4-2/h11-13H,3-10,14-15H2,1-2H3. The number of hydrogen-bond donors (Lipinski definition) is 0. The van der Waals surface area contributed by atoms with E-state index in [1.54, 1.807) is 18.2 Å². The largest absolute Gasteiger partial charge is 0.422 e. The van der Waals surface area contributed by atoms with Crippen LogP contribution >= 0.6 is 11.6 Å². The van der Waals surface area contributed by atoms with Gasteiger partial charge >= 0.3 is 11.9 Å². The number of hydrogen-bond acceptors (Lipinski definition) is 4. The third-order valence-corrected chi connectivity index (χ3v) is 4.14. The van der Waals surface area contributed by atoms with Crippen molar-refractivity contribution in [1.82, 2.24) is 0 Å². The van der Waals surface area contributed by atoms with Gasteiger partial charge in [0.2, 0.25) is 0 Å². The minimum atomic E-state index is -0.357. The van der Waals surface area contributed by atoms with Gasteiger partial charge in [0, 0.05) is 12.8 Å². The number of esters is 2. The predicted octanol–water partition coefficient (Wildman–Crippen LogP) is 6.09. The van der Waals surface area contributed by atoms with Crippen LogP contribution in [0.15, 0.2) is 18.2 Å². The summed E-state index contributed by atoms with van der Waals surface area (Å²) in [6.07, 6.45) is 8.66. The first kappa shape index (κ1) is 21.5. The fourth-order valence-electron chi connectivity index (χ4n) is 2.40. The highest BCUT2D eigenvalue weighted by Crippen LogP contribution is 2.35. The molecule has 0 atom stereocenters. The van der Waals surface area contributed by atoms with Crippen LogP contribution in [0, 0.1) is 0 Å². The van der Waals surface area contributed by atoms with Crippen LogP contribution in [0.3, 0.4) is 0 Å². The number of carbonyl (C=O) groups excluding carboxylic acids is 2. The molecule has 0 fully saturated rings.